The first-order valence-corrected chi connectivity index (χ1v) is 8.86. The number of hydrogen-bond donors (Lipinski definition) is 0. The second kappa shape index (κ2) is 7.03. The van der Waals surface area contributed by atoms with Crippen LogP contribution in [0.2, 0.25) is 0 Å². The van der Waals surface area contributed by atoms with Crippen LogP contribution in [0.15, 0.2) is 18.5 Å². The second-order valence-electron chi connectivity index (χ2n) is 6.52. The van der Waals surface area contributed by atoms with Gasteiger partial charge in [-0.1, -0.05) is 0 Å². The van der Waals surface area contributed by atoms with E-state index in [0.717, 1.165) is 37.7 Å². The van der Waals surface area contributed by atoms with E-state index in [-0.39, 0.29) is 11.9 Å². The van der Waals surface area contributed by atoms with E-state index < -0.39 is 0 Å². The molecule has 1 atom stereocenters. The number of pyridine rings is 1. The Kier molecular flexibility index (Phi) is 4.58. The summed E-state index contributed by atoms with van der Waals surface area (Å²) in [5.74, 6) is 1.33. The van der Waals surface area contributed by atoms with Gasteiger partial charge in [-0.15, -0.1) is 0 Å². The van der Waals surface area contributed by atoms with Crippen LogP contribution in [0.4, 0.5) is 10.2 Å². The minimum Gasteiger partial charge on any atom is -0.484 e. The van der Waals surface area contributed by atoms with Gasteiger partial charge in [-0.05, 0) is 13.8 Å². The van der Waals surface area contributed by atoms with Crippen LogP contribution < -0.4 is 14.4 Å². The van der Waals surface area contributed by atoms with Crippen LogP contribution in [0.5, 0.6) is 11.6 Å². The van der Waals surface area contributed by atoms with Crippen LogP contribution in [-0.4, -0.2) is 59.2 Å². The fourth-order valence-corrected chi connectivity index (χ4v) is 3.46. The van der Waals surface area contributed by atoms with Gasteiger partial charge in [-0.3, -0.25) is 9.88 Å². The highest BCUT2D eigenvalue weighted by atomic mass is 19.1. The van der Waals surface area contributed by atoms with Gasteiger partial charge in [-0.25, -0.2) is 14.4 Å². The number of piperazine rings is 1. The van der Waals surface area contributed by atoms with Crippen molar-refractivity contribution in [3.63, 3.8) is 0 Å². The van der Waals surface area contributed by atoms with Crippen molar-refractivity contribution >= 4 is 5.82 Å². The maximum atomic E-state index is 14.5. The SMILES string of the molecule is Cc1nccnc1N1CCN(C(C)c2nc3c(cc2F)OCCO3)CC1. The molecule has 2 aliphatic heterocycles. The number of hydrogen-bond acceptors (Lipinski definition) is 7. The molecular weight excluding hydrogens is 337 g/mol. The molecule has 0 amide bonds. The minimum atomic E-state index is -0.353. The molecule has 2 aliphatic rings. The minimum absolute atomic E-state index is 0.143. The molecule has 4 rings (SSSR count). The van der Waals surface area contributed by atoms with Crippen LogP contribution >= 0.6 is 0 Å². The Hall–Kier alpha value is -2.48. The van der Waals surface area contributed by atoms with Crippen molar-refractivity contribution in [1.29, 1.82) is 0 Å². The molecule has 26 heavy (non-hydrogen) atoms. The van der Waals surface area contributed by atoms with E-state index in [2.05, 4.69) is 24.8 Å². The van der Waals surface area contributed by atoms with Crippen molar-refractivity contribution in [3.8, 4) is 11.6 Å². The fourth-order valence-electron chi connectivity index (χ4n) is 3.46. The molecule has 1 unspecified atom stereocenters. The molecule has 0 radical (unpaired) electrons. The lowest BCUT2D eigenvalue weighted by Crippen LogP contribution is -2.48. The summed E-state index contributed by atoms with van der Waals surface area (Å²) in [7, 11) is 0. The topological polar surface area (TPSA) is 63.6 Å². The number of ether oxygens (including phenoxy) is 2. The van der Waals surface area contributed by atoms with Gasteiger partial charge in [0.1, 0.15) is 24.8 Å². The Labute approximate surface area is 151 Å². The summed E-state index contributed by atoms with van der Waals surface area (Å²) in [6.45, 7) is 8.03. The van der Waals surface area contributed by atoms with Gasteiger partial charge in [0.05, 0.1) is 17.4 Å². The molecule has 1 fully saturated rings. The molecule has 0 aromatic carbocycles. The van der Waals surface area contributed by atoms with Gasteiger partial charge in [0.15, 0.2) is 5.75 Å². The van der Waals surface area contributed by atoms with Gasteiger partial charge >= 0.3 is 0 Å². The number of fused-ring (bicyclic) bond motifs is 1. The lowest BCUT2D eigenvalue weighted by atomic mass is 10.1. The van der Waals surface area contributed by atoms with Crippen molar-refractivity contribution in [2.45, 2.75) is 19.9 Å². The Morgan fingerprint density at radius 1 is 1.08 bits per heavy atom. The molecule has 0 spiro atoms. The number of nitrogens with zero attached hydrogens (tertiary/aromatic N) is 5. The van der Waals surface area contributed by atoms with E-state index >= 15 is 0 Å². The predicted octanol–water partition coefficient (Wildman–Crippen LogP) is 1.97. The average Bonchev–Trinajstić information content (AvgIpc) is 2.67. The Bertz CT molecular complexity index is 795. The molecule has 2 aromatic rings. The molecule has 138 valence electrons. The predicted molar refractivity (Wildman–Crippen MR) is 94.2 cm³/mol. The Morgan fingerprint density at radius 2 is 1.81 bits per heavy atom. The number of anilines is 1. The van der Waals surface area contributed by atoms with Gasteiger partial charge in [0, 0.05) is 44.6 Å². The largest absolute Gasteiger partial charge is 0.484 e. The van der Waals surface area contributed by atoms with Gasteiger partial charge in [0.25, 0.3) is 5.88 Å². The zero-order valence-electron chi connectivity index (χ0n) is 15.0. The van der Waals surface area contributed by atoms with Gasteiger partial charge in [-0.2, -0.15) is 0 Å². The molecule has 7 nitrogen and oxygen atoms in total. The molecule has 0 saturated carbocycles. The van der Waals surface area contributed by atoms with Gasteiger partial charge < -0.3 is 14.4 Å². The molecule has 0 aliphatic carbocycles. The smallest absolute Gasteiger partial charge is 0.257 e. The van der Waals surface area contributed by atoms with E-state index in [1.54, 1.807) is 12.4 Å². The summed E-state index contributed by atoms with van der Waals surface area (Å²) in [6.07, 6.45) is 3.42. The molecule has 0 bridgehead atoms. The molecule has 4 heterocycles. The summed E-state index contributed by atoms with van der Waals surface area (Å²) >= 11 is 0. The van der Waals surface area contributed by atoms with Gasteiger partial charge in [0.2, 0.25) is 0 Å². The third kappa shape index (κ3) is 3.16. The molecular formula is C18H22FN5O2. The lowest BCUT2D eigenvalue weighted by molar-refractivity contribution is 0.157. The zero-order chi connectivity index (χ0) is 18.1. The molecule has 0 N–H and O–H groups in total. The lowest BCUT2D eigenvalue weighted by Gasteiger charge is -2.38. The van der Waals surface area contributed by atoms with Crippen molar-refractivity contribution in [3.05, 3.63) is 35.7 Å². The summed E-state index contributed by atoms with van der Waals surface area (Å²) in [5.41, 5.74) is 1.33. The highest BCUT2D eigenvalue weighted by Gasteiger charge is 2.28. The van der Waals surface area contributed by atoms with Crippen molar-refractivity contribution in [2.24, 2.45) is 0 Å². The summed E-state index contributed by atoms with van der Waals surface area (Å²) in [6, 6.07) is 1.24. The summed E-state index contributed by atoms with van der Waals surface area (Å²) < 4.78 is 25.4. The first-order chi connectivity index (χ1) is 12.6. The quantitative estimate of drug-likeness (QED) is 0.830. The summed E-state index contributed by atoms with van der Waals surface area (Å²) in [5, 5.41) is 0. The first kappa shape index (κ1) is 17.0. The number of halogens is 1. The number of rotatable bonds is 3. The maximum absolute atomic E-state index is 14.5. The normalized spacial score (nSPS) is 18.7. The third-order valence-corrected chi connectivity index (χ3v) is 4.93. The fraction of sp³-hybridized carbons (Fsp3) is 0.500. The standard InChI is InChI=1S/C18H22FN5O2/c1-12-17(21-4-3-20-12)24-7-5-23(6-8-24)13(2)16-14(19)11-15-18(22-16)26-10-9-25-15/h3-4,11,13H,5-10H2,1-2H3. The zero-order valence-corrected chi connectivity index (χ0v) is 15.0. The van der Waals surface area contributed by atoms with Crippen LogP contribution in [0.25, 0.3) is 0 Å². The highest BCUT2D eigenvalue weighted by molar-refractivity contribution is 5.43. The average molecular weight is 359 g/mol. The first-order valence-electron chi connectivity index (χ1n) is 8.86. The van der Waals surface area contributed by atoms with Crippen LogP contribution in [0.1, 0.15) is 24.4 Å². The van der Waals surface area contributed by atoms with Crippen molar-refractivity contribution < 1.29 is 13.9 Å². The highest BCUT2D eigenvalue weighted by Crippen LogP contribution is 2.33. The van der Waals surface area contributed by atoms with E-state index in [1.165, 1.54) is 6.07 Å². The van der Waals surface area contributed by atoms with Crippen LogP contribution in [0, 0.1) is 12.7 Å². The maximum Gasteiger partial charge on any atom is 0.257 e. The molecule has 8 heteroatoms. The van der Waals surface area contributed by atoms with E-state index in [4.69, 9.17) is 9.47 Å². The summed E-state index contributed by atoms with van der Waals surface area (Å²) in [4.78, 5) is 17.6. The van der Waals surface area contributed by atoms with Crippen LogP contribution in [0.3, 0.4) is 0 Å². The van der Waals surface area contributed by atoms with E-state index in [0.29, 0.717) is 30.5 Å². The van der Waals surface area contributed by atoms with E-state index in [1.807, 2.05) is 13.8 Å². The second-order valence-corrected chi connectivity index (χ2v) is 6.52. The van der Waals surface area contributed by atoms with Crippen molar-refractivity contribution in [1.82, 2.24) is 19.9 Å². The Balaban J connectivity index is 1.47. The third-order valence-electron chi connectivity index (χ3n) is 4.93. The van der Waals surface area contributed by atoms with Crippen LogP contribution in [-0.2, 0) is 0 Å². The monoisotopic (exact) mass is 359 g/mol. The molecule has 2 aromatic heterocycles. The number of aromatic nitrogens is 3. The molecule has 1 saturated heterocycles. The number of aryl methyl sites for hydroxylation is 1. The van der Waals surface area contributed by atoms with Crippen molar-refractivity contribution in [2.75, 3.05) is 44.3 Å². The Morgan fingerprint density at radius 3 is 2.58 bits per heavy atom. The van der Waals surface area contributed by atoms with E-state index in [9.17, 15) is 4.39 Å².